The van der Waals surface area contributed by atoms with Crippen molar-refractivity contribution in [3.05, 3.63) is 38.1 Å². The van der Waals surface area contributed by atoms with E-state index in [-0.39, 0.29) is 11.3 Å². The van der Waals surface area contributed by atoms with Crippen LogP contribution in [-0.2, 0) is 13.0 Å². The lowest BCUT2D eigenvalue weighted by Gasteiger charge is -2.05. The van der Waals surface area contributed by atoms with Crippen molar-refractivity contribution in [2.75, 3.05) is 5.32 Å². The van der Waals surface area contributed by atoms with E-state index >= 15 is 0 Å². The molecule has 4 nitrogen and oxygen atoms in total. The summed E-state index contributed by atoms with van der Waals surface area (Å²) in [7, 11) is 0. The van der Waals surface area contributed by atoms with Crippen molar-refractivity contribution in [1.82, 2.24) is 9.97 Å². The summed E-state index contributed by atoms with van der Waals surface area (Å²) in [5, 5.41) is 5.72. The first kappa shape index (κ1) is 15.7. The molecule has 0 aromatic carbocycles. The molecule has 3 aromatic heterocycles. The molecule has 3 N–H and O–H groups in total. The van der Waals surface area contributed by atoms with Crippen LogP contribution >= 0.6 is 34.3 Å². The van der Waals surface area contributed by atoms with Gasteiger partial charge in [0.05, 0.1) is 16.8 Å². The number of thiophene rings is 2. The van der Waals surface area contributed by atoms with Crippen molar-refractivity contribution >= 4 is 50.3 Å². The minimum atomic E-state index is 0.123. The van der Waals surface area contributed by atoms with E-state index in [2.05, 4.69) is 33.7 Å². The maximum atomic E-state index is 6.09. The molecule has 116 valence electrons. The summed E-state index contributed by atoms with van der Waals surface area (Å²) in [5.74, 6) is 0.799. The number of hydrogen-bond acceptors (Lipinski definition) is 6. The fourth-order valence-electron chi connectivity index (χ4n) is 2.30. The fourth-order valence-corrected chi connectivity index (χ4v) is 4.46. The fraction of sp³-hybridized carbons (Fsp3) is 0.333. The average Bonchev–Trinajstić information content (AvgIpc) is 3.07. The second-order valence-electron chi connectivity index (χ2n) is 5.28. The molecule has 0 amide bonds. The monoisotopic (exact) mass is 352 g/mol. The second kappa shape index (κ2) is 6.50. The molecule has 0 bridgehead atoms. The molecule has 1 unspecified atom stereocenters. The molecule has 0 aliphatic heterocycles. The smallest absolute Gasteiger partial charge is 0.224 e. The molecule has 0 saturated carbocycles. The van der Waals surface area contributed by atoms with Crippen molar-refractivity contribution in [2.45, 2.75) is 32.9 Å². The van der Waals surface area contributed by atoms with Crippen LogP contribution in [0.2, 0.25) is 5.28 Å². The SMILES string of the molecule is Cc1c(CC(C)N)sc2c(NCc3cccs3)nc(Cl)nc12. The molecule has 0 fully saturated rings. The van der Waals surface area contributed by atoms with Gasteiger partial charge in [-0.2, -0.15) is 4.98 Å². The summed E-state index contributed by atoms with van der Waals surface area (Å²) < 4.78 is 1.05. The average molecular weight is 353 g/mol. The summed E-state index contributed by atoms with van der Waals surface area (Å²) in [6.07, 6.45) is 0.842. The minimum absolute atomic E-state index is 0.123. The van der Waals surface area contributed by atoms with E-state index in [0.29, 0.717) is 0 Å². The van der Waals surface area contributed by atoms with Gasteiger partial charge in [-0.25, -0.2) is 4.98 Å². The van der Waals surface area contributed by atoms with Crippen molar-refractivity contribution in [1.29, 1.82) is 0 Å². The molecule has 0 aliphatic rings. The zero-order valence-electron chi connectivity index (χ0n) is 12.4. The Kier molecular flexibility index (Phi) is 4.63. The van der Waals surface area contributed by atoms with E-state index in [1.54, 1.807) is 22.7 Å². The molecule has 0 aliphatic carbocycles. The Hall–Kier alpha value is -1.21. The number of rotatable bonds is 5. The highest BCUT2D eigenvalue weighted by Crippen LogP contribution is 2.35. The van der Waals surface area contributed by atoms with Crippen LogP contribution in [0.15, 0.2) is 17.5 Å². The van der Waals surface area contributed by atoms with E-state index in [9.17, 15) is 0 Å². The number of nitrogens with one attached hydrogen (secondary N) is 1. The number of aromatic nitrogens is 2. The normalized spacial score (nSPS) is 12.7. The highest BCUT2D eigenvalue weighted by Gasteiger charge is 2.16. The third-order valence-electron chi connectivity index (χ3n) is 3.35. The van der Waals surface area contributed by atoms with Crippen LogP contribution in [0.4, 0.5) is 5.82 Å². The molecular formula is C15H17ClN4S2. The zero-order valence-corrected chi connectivity index (χ0v) is 14.8. The van der Waals surface area contributed by atoms with Gasteiger partial charge in [0.15, 0.2) is 0 Å². The summed E-state index contributed by atoms with van der Waals surface area (Å²) in [6, 6.07) is 4.26. The van der Waals surface area contributed by atoms with Crippen molar-refractivity contribution < 1.29 is 0 Å². The highest BCUT2D eigenvalue weighted by atomic mass is 35.5. The Morgan fingerprint density at radius 1 is 1.41 bits per heavy atom. The number of hydrogen-bond donors (Lipinski definition) is 2. The summed E-state index contributed by atoms with van der Waals surface area (Å²) in [5.41, 5.74) is 8.02. The van der Waals surface area contributed by atoms with E-state index < -0.39 is 0 Å². The number of aryl methyl sites for hydroxylation is 1. The van der Waals surface area contributed by atoms with E-state index in [4.69, 9.17) is 17.3 Å². The van der Waals surface area contributed by atoms with Crippen LogP contribution in [0.25, 0.3) is 10.2 Å². The van der Waals surface area contributed by atoms with Crippen molar-refractivity contribution in [2.24, 2.45) is 5.73 Å². The Balaban J connectivity index is 1.98. The van der Waals surface area contributed by atoms with Gasteiger partial charge in [-0.3, -0.25) is 0 Å². The zero-order chi connectivity index (χ0) is 15.7. The van der Waals surface area contributed by atoms with E-state index in [0.717, 1.165) is 34.6 Å². The van der Waals surface area contributed by atoms with Gasteiger partial charge in [0.1, 0.15) is 5.82 Å². The number of halogens is 1. The van der Waals surface area contributed by atoms with Crippen LogP contribution in [0.5, 0.6) is 0 Å². The van der Waals surface area contributed by atoms with Crippen LogP contribution in [0.3, 0.4) is 0 Å². The predicted molar refractivity (Wildman–Crippen MR) is 96.2 cm³/mol. The Morgan fingerprint density at radius 3 is 2.91 bits per heavy atom. The lowest BCUT2D eigenvalue weighted by Crippen LogP contribution is -2.17. The third-order valence-corrected chi connectivity index (χ3v) is 5.71. The molecule has 3 aromatic rings. The van der Waals surface area contributed by atoms with Crippen LogP contribution < -0.4 is 11.1 Å². The summed E-state index contributed by atoms with van der Waals surface area (Å²) >= 11 is 9.51. The lowest BCUT2D eigenvalue weighted by molar-refractivity contribution is 0.744. The summed E-state index contributed by atoms with van der Waals surface area (Å²) in [4.78, 5) is 11.3. The van der Waals surface area contributed by atoms with Gasteiger partial charge in [0.2, 0.25) is 5.28 Å². The van der Waals surface area contributed by atoms with E-state index in [1.165, 1.54) is 9.75 Å². The Bertz CT molecular complexity index is 781. The number of nitrogens with zero attached hydrogens (tertiary/aromatic N) is 2. The molecule has 3 rings (SSSR count). The van der Waals surface area contributed by atoms with E-state index in [1.807, 2.05) is 13.0 Å². The predicted octanol–water partition coefficient (Wildman–Crippen LogP) is 4.22. The van der Waals surface area contributed by atoms with Crippen LogP contribution in [0.1, 0.15) is 22.2 Å². The van der Waals surface area contributed by atoms with Crippen molar-refractivity contribution in [3.63, 3.8) is 0 Å². The molecular weight excluding hydrogens is 336 g/mol. The largest absolute Gasteiger partial charge is 0.364 e. The summed E-state index contributed by atoms with van der Waals surface area (Å²) in [6.45, 7) is 4.82. The lowest BCUT2D eigenvalue weighted by atomic mass is 10.1. The van der Waals surface area contributed by atoms with Crippen LogP contribution in [-0.4, -0.2) is 16.0 Å². The van der Waals surface area contributed by atoms with Gasteiger partial charge in [-0.05, 0) is 48.9 Å². The Morgan fingerprint density at radius 2 is 2.23 bits per heavy atom. The van der Waals surface area contributed by atoms with Gasteiger partial charge >= 0.3 is 0 Å². The minimum Gasteiger partial charge on any atom is -0.364 e. The van der Waals surface area contributed by atoms with Gasteiger partial charge in [-0.1, -0.05) is 6.07 Å². The highest BCUT2D eigenvalue weighted by molar-refractivity contribution is 7.19. The molecule has 0 radical (unpaired) electrons. The molecule has 1 atom stereocenters. The van der Waals surface area contributed by atoms with Gasteiger partial charge in [-0.15, -0.1) is 22.7 Å². The van der Waals surface area contributed by atoms with Gasteiger partial charge < -0.3 is 11.1 Å². The second-order valence-corrected chi connectivity index (χ2v) is 7.76. The third kappa shape index (κ3) is 3.25. The first-order valence-electron chi connectivity index (χ1n) is 7.02. The number of fused-ring (bicyclic) bond motifs is 1. The maximum absolute atomic E-state index is 6.09. The number of anilines is 1. The Labute approximate surface area is 142 Å². The molecule has 0 spiro atoms. The molecule has 7 heteroatoms. The van der Waals surface area contributed by atoms with Crippen LogP contribution in [0, 0.1) is 6.92 Å². The molecule has 3 heterocycles. The number of nitrogens with two attached hydrogens (primary N) is 1. The maximum Gasteiger partial charge on any atom is 0.224 e. The molecule has 22 heavy (non-hydrogen) atoms. The quantitative estimate of drug-likeness (QED) is 0.675. The van der Waals surface area contributed by atoms with Gasteiger partial charge in [0, 0.05) is 15.8 Å². The first-order valence-corrected chi connectivity index (χ1v) is 9.09. The topological polar surface area (TPSA) is 63.8 Å². The van der Waals surface area contributed by atoms with Crippen molar-refractivity contribution in [3.8, 4) is 0 Å². The standard InChI is InChI=1S/C15H17ClN4S2/c1-8(17)6-11-9(2)12-13(22-11)14(20-15(16)19-12)18-7-10-4-3-5-21-10/h3-5,8H,6-7,17H2,1-2H3,(H,18,19,20). The molecule has 0 saturated heterocycles. The van der Waals surface area contributed by atoms with Gasteiger partial charge in [0.25, 0.3) is 0 Å². The first-order chi connectivity index (χ1) is 10.5.